The highest BCUT2D eigenvalue weighted by molar-refractivity contribution is 5.20. The van der Waals surface area contributed by atoms with Crippen molar-refractivity contribution in [1.29, 1.82) is 5.26 Å². The highest BCUT2D eigenvalue weighted by Gasteiger charge is 2.15. The lowest BCUT2D eigenvalue weighted by Crippen LogP contribution is -2.21. The first-order chi connectivity index (χ1) is 8.96. The summed E-state index contributed by atoms with van der Waals surface area (Å²) < 4.78 is 13.5. The lowest BCUT2D eigenvalue weighted by Gasteiger charge is -2.17. The molecule has 0 unspecified atom stereocenters. The van der Waals surface area contributed by atoms with Crippen LogP contribution in [0.4, 0.5) is 4.39 Å². The predicted octanol–water partition coefficient (Wildman–Crippen LogP) is 4.20. The number of halogens is 1. The van der Waals surface area contributed by atoms with E-state index in [1.54, 1.807) is 6.07 Å². The maximum absolute atomic E-state index is 13.5. The maximum atomic E-state index is 13.5. The van der Waals surface area contributed by atoms with E-state index in [9.17, 15) is 4.39 Å². The number of hydrogen-bond acceptors (Lipinski definition) is 2. The number of nitrogens with one attached hydrogen (secondary N) is 1. The summed E-state index contributed by atoms with van der Waals surface area (Å²) in [6.07, 6.45) is 2.92. The Balaban J connectivity index is 2.27. The van der Waals surface area contributed by atoms with E-state index < -0.39 is 0 Å². The molecule has 0 fully saturated rings. The molecule has 1 rings (SSSR count). The van der Waals surface area contributed by atoms with E-state index in [0.717, 1.165) is 25.8 Å². The fourth-order valence-corrected chi connectivity index (χ4v) is 2.00. The summed E-state index contributed by atoms with van der Waals surface area (Å²) >= 11 is 0. The first-order valence-electron chi connectivity index (χ1n) is 6.85. The SMILES string of the molecule is C[C@@H](NCCCCC(C)(C)C#N)c1ccccc1F. The second-order valence-electron chi connectivity index (χ2n) is 5.65. The van der Waals surface area contributed by atoms with Crippen LogP contribution in [0.1, 0.15) is 51.6 Å². The van der Waals surface area contributed by atoms with Gasteiger partial charge in [-0.25, -0.2) is 4.39 Å². The Kier molecular flexibility index (Phi) is 5.98. The number of hydrogen-bond donors (Lipinski definition) is 1. The molecule has 3 heteroatoms. The molecule has 0 bridgehead atoms. The lowest BCUT2D eigenvalue weighted by molar-refractivity contribution is 0.416. The molecule has 1 atom stereocenters. The number of nitrogens with zero attached hydrogens (tertiary/aromatic N) is 1. The van der Waals surface area contributed by atoms with E-state index in [2.05, 4.69) is 11.4 Å². The molecule has 2 nitrogen and oxygen atoms in total. The van der Waals surface area contributed by atoms with Crippen molar-refractivity contribution in [3.05, 3.63) is 35.6 Å². The zero-order valence-corrected chi connectivity index (χ0v) is 12.0. The number of rotatable bonds is 7. The Morgan fingerprint density at radius 1 is 1.32 bits per heavy atom. The molecule has 19 heavy (non-hydrogen) atoms. The van der Waals surface area contributed by atoms with Crippen LogP contribution in [0.15, 0.2) is 24.3 Å². The molecule has 0 radical (unpaired) electrons. The minimum Gasteiger partial charge on any atom is -0.310 e. The normalized spacial score (nSPS) is 13.0. The van der Waals surface area contributed by atoms with E-state index in [-0.39, 0.29) is 17.3 Å². The van der Waals surface area contributed by atoms with Crippen molar-refractivity contribution in [2.75, 3.05) is 6.54 Å². The van der Waals surface area contributed by atoms with Crippen molar-refractivity contribution in [1.82, 2.24) is 5.32 Å². The Morgan fingerprint density at radius 2 is 2.00 bits per heavy atom. The summed E-state index contributed by atoms with van der Waals surface area (Å²) in [5.41, 5.74) is 0.469. The summed E-state index contributed by atoms with van der Waals surface area (Å²) in [4.78, 5) is 0. The van der Waals surface area contributed by atoms with Crippen LogP contribution in [0.2, 0.25) is 0 Å². The molecule has 0 saturated heterocycles. The molecule has 0 aliphatic rings. The van der Waals surface area contributed by atoms with Gasteiger partial charge in [-0.2, -0.15) is 5.26 Å². The van der Waals surface area contributed by atoms with Crippen molar-refractivity contribution in [3.8, 4) is 6.07 Å². The third-order valence-electron chi connectivity index (χ3n) is 3.35. The van der Waals surface area contributed by atoms with E-state index in [4.69, 9.17) is 5.26 Å². The van der Waals surface area contributed by atoms with Crippen LogP contribution in [-0.2, 0) is 0 Å². The second-order valence-corrected chi connectivity index (χ2v) is 5.65. The Bertz CT molecular complexity index is 435. The second kappa shape index (κ2) is 7.25. The Morgan fingerprint density at radius 3 is 2.63 bits per heavy atom. The molecule has 0 amide bonds. The van der Waals surface area contributed by atoms with Gasteiger partial charge >= 0.3 is 0 Å². The average Bonchev–Trinajstić information content (AvgIpc) is 2.38. The van der Waals surface area contributed by atoms with Crippen molar-refractivity contribution in [2.45, 2.75) is 46.1 Å². The van der Waals surface area contributed by atoms with Gasteiger partial charge in [-0.1, -0.05) is 24.6 Å². The minimum absolute atomic E-state index is 0.0187. The van der Waals surface area contributed by atoms with Gasteiger partial charge in [0.2, 0.25) is 0 Å². The van der Waals surface area contributed by atoms with Gasteiger partial charge in [-0.15, -0.1) is 0 Å². The molecule has 0 aliphatic carbocycles. The molecular formula is C16H23FN2. The molecule has 0 spiro atoms. The zero-order valence-electron chi connectivity index (χ0n) is 12.0. The molecular weight excluding hydrogens is 239 g/mol. The third-order valence-corrected chi connectivity index (χ3v) is 3.35. The molecule has 1 aromatic rings. The van der Waals surface area contributed by atoms with Gasteiger partial charge in [-0.3, -0.25) is 0 Å². The van der Waals surface area contributed by atoms with Gasteiger partial charge in [-0.05, 0) is 46.2 Å². The first kappa shape index (κ1) is 15.7. The smallest absolute Gasteiger partial charge is 0.127 e. The number of nitriles is 1. The van der Waals surface area contributed by atoms with E-state index in [0.29, 0.717) is 5.56 Å². The summed E-state index contributed by atoms with van der Waals surface area (Å²) in [7, 11) is 0. The summed E-state index contributed by atoms with van der Waals surface area (Å²) in [6, 6.07) is 9.18. The van der Waals surface area contributed by atoms with Crippen LogP contribution in [0.25, 0.3) is 0 Å². The van der Waals surface area contributed by atoms with Crippen molar-refractivity contribution in [2.24, 2.45) is 5.41 Å². The molecule has 1 N–H and O–H groups in total. The van der Waals surface area contributed by atoms with Crippen LogP contribution in [0.3, 0.4) is 0 Å². The third kappa shape index (κ3) is 5.40. The topological polar surface area (TPSA) is 35.8 Å². The predicted molar refractivity (Wildman–Crippen MR) is 76.1 cm³/mol. The number of unbranched alkanes of at least 4 members (excludes halogenated alkanes) is 1. The fourth-order valence-electron chi connectivity index (χ4n) is 2.00. The standard InChI is InChI=1S/C16H23FN2/c1-13(14-8-4-5-9-15(14)17)19-11-7-6-10-16(2,3)12-18/h4-5,8-9,13,19H,6-7,10-11H2,1-3H3/t13-/m1/s1. The fraction of sp³-hybridized carbons (Fsp3) is 0.562. The Labute approximate surface area is 115 Å². The zero-order chi connectivity index (χ0) is 14.3. The van der Waals surface area contributed by atoms with E-state index >= 15 is 0 Å². The van der Waals surface area contributed by atoms with Crippen LogP contribution >= 0.6 is 0 Å². The summed E-state index contributed by atoms with van der Waals surface area (Å²) in [5.74, 6) is -0.159. The minimum atomic E-state index is -0.239. The summed E-state index contributed by atoms with van der Waals surface area (Å²) in [5, 5.41) is 12.2. The molecule has 0 heterocycles. The van der Waals surface area contributed by atoms with Crippen LogP contribution in [0.5, 0.6) is 0 Å². The van der Waals surface area contributed by atoms with Gasteiger partial charge < -0.3 is 5.32 Å². The summed E-state index contributed by atoms with van der Waals surface area (Å²) in [6.45, 7) is 6.74. The molecule has 0 aromatic heterocycles. The van der Waals surface area contributed by atoms with Crippen molar-refractivity contribution in [3.63, 3.8) is 0 Å². The molecule has 1 aromatic carbocycles. The van der Waals surface area contributed by atoms with Crippen LogP contribution in [-0.4, -0.2) is 6.54 Å². The number of benzene rings is 1. The Hall–Kier alpha value is -1.40. The van der Waals surface area contributed by atoms with Gasteiger partial charge in [0.15, 0.2) is 0 Å². The van der Waals surface area contributed by atoms with Crippen LogP contribution in [0, 0.1) is 22.6 Å². The molecule has 104 valence electrons. The van der Waals surface area contributed by atoms with Crippen molar-refractivity contribution < 1.29 is 4.39 Å². The van der Waals surface area contributed by atoms with Crippen LogP contribution < -0.4 is 5.32 Å². The monoisotopic (exact) mass is 262 g/mol. The average molecular weight is 262 g/mol. The molecule has 0 aliphatic heterocycles. The quantitative estimate of drug-likeness (QED) is 0.748. The first-order valence-corrected chi connectivity index (χ1v) is 6.85. The highest BCUT2D eigenvalue weighted by atomic mass is 19.1. The van der Waals surface area contributed by atoms with Crippen molar-refractivity contribution >= 4 is 0 Å². The highest BCUT2D eigenvalue weighted by Crippen LogP contribution is 2.21. The molecule has 0 saturated carbocycles. The van der Waals surface area contributed by atoms with Gasteiger partial charge in [0.1, 0.15) is 5.82 Å². The van der Waals surface area contributed by atoms with Gasteiger partial charge in [0.25, 0.3) is 0 Å². The lowest BCUT2D eigenvalue weighted by atomic mass is 9.89. The van der Waals surface area contributed by atoms with Gasteiger partial charge in [0.05, 0.1) is 11.5 Å². The van der Waals surface area contributed by atoms with Gasteiger partial charge in [0, 0.05) is 11.6 Å². The van der Waals surface area contributed by atoms with E-state index in [1.165, 1.54) is 6.07 Å². The van der Waals surface area contributed by atoms with E-state index in [1.807, 2.05) is 32.9 Å². The maximum Gasteiger partial charge on any atom is 0.127 e. The largest absolute Gasteiger partial charge is 0.310 e.